The lowest BCUT2D eigenvalue weighted by Gasteiger charge is -2.19. The molecular formula is C18H21NO3. The van der Waals surface area contributed by atoms with E-state index in [-0.39, 0.29) is 6.61 Å². The summed E-state index contributed by atoms with van der Waals surface area (Å²) in [5.74, 6) is 0. The Kier molecular flexibility index (Phi) is 4.83. The zero-order valence-electron chi connectivity index (χ0n) is 13.1. The number of ether oxygens (including phenoxy) is 1. The number of aliphatic hydroxyl groups excluding tert-OH is 1. The minimum atomic E-state index is -0.515. The fourth-order valence-corrected chi connectivity index (χ4v) is 1.97. The molecule has 0 unspecified atom stereocenters. The van der Waals surface area contributed by atoms with Crippen molar-refractivity contribution in [3.63, 3.8) is 0 Å². The van der Waals surface area contributed by atoms with Crippen LogP contribution in [-0.2, 0) is 11.3 Å². The Labute approximate surface area is 130 Å². The Bertz CT molecular complexity index is 625. The van der Waals surface area contributed by atoms with E-state index in [4.69, 9.17) is 9.84 Å². The topological polar surface area (TPSA) is 58.6 Å². The van der Waals surface area contributed by atoms with Crippen LogP contribution in [0.4, 0.5) is 10.5 Å². The number of carbonyl (C=O) groups is 1. The second-order valence-electron chi connectivity index (χ2n) is 6.06. The highest BCUT2D eigenvalue weighted by Crippen LogP contribution is 2.22. The molecule has 22 heavy (non-hydrogen) atoms. The van der Waals surface area contributed by atoms with Gasteiger partial charge in [0.25, 0.3) is 0 Å². The smallest absolute Gasteiger partial charge is 0.412 e. The van der Waals surface area contributed by atoms with E-state index in [1.165, 1.54) is 0 Å². The van der Waals surface area contributed by atoms with Gasteiger partial charge in [0.15, 0.2) is 0 Å². The standard InChI is InChI=1S/C18H21NO3/c1-18(2,3)22-17(21)19-16-10-8-15(9-11-16)14-6-4-13(12-20)5-7-14/h4-11,20H,12H2,1-3H3,(H,19,21). The van der Waals surface area contributed by atoms with Gasteiger partial charge in [-0.15, -0.1) is 0 Å². The number of amides is 1. The van der Waals surface area contributed by atoms with Crippen LogP contribution in [0.1, 0.15) is 26.3 Å². The van der Waals surface area contributed by atoms with E-state index in [1.54, 1.807) is 0 Å². The second-order valence-corrected chi connectivity index (χ2v) is 6.06. The van der Waals surface area contributed by atoms with Crippen LogP contribution in [0.2, 0.25) is 0 Å². The monoisotopic (exact) mass is 299 g/mol. The van der Waals surface area contributed by atoms with E-state index >= 15 is 0 Å². The first-order valence-corrected chi connectivity index (χ1v) is 7.17. The highest BCUT2D eigenvalue weighted by molar-refractivity contribution is 5.85. The first kappa shape index (κ1) is 16.0. The van der Waals surface area contributed by atoms with Crippen molar-refractivity contribution in [1.29, 1.82) is 0 Å². The van der Waals surface area contributed by atoms with E-state index in [1.807, 2.05) is 69.3 Å². The van der Waals surface area contributed by atoms with Gasteiger partial charge in [-0.3, -0.25) is 5.32 Å². The number of rotatable bonds is 3. The van der Waals surface area contributed by atoms with Crippen LogP contribution in [-0.4, -0.2) is 16.8 Å². The number of carbonyl (C=O) groups excluding carboxylic acids is 1. The third-order valence-corrected chi connectivity index (χ3v) is 3.00. The van der Waals surface area contributed by atoms with E-state index in [9.17, 15) is 4.79 Å². The molecule has 0 aromatic heterocycles. The summed E-state index contributed by atoms with van der Waals surface area (Å²) < 4.78 is 5.21. The van der Waals surface area contributed by atoms with E-state index in [0.717, 1.165) is 16.7 Å². The predicted molar refractivity (Wildman–Crippen MR) is 87.7 cm³/mol. The summed E-state index contributed by atoms with van der Waals surface area (Å²) in [7, 11) is 0. The van der Waals surface area contributed by atoms with Crippen LogP contribution in [0.3, 0.4) is 0 Å². The Morgan fingerprint density at radius 1 is 1.00 bits per heavy atom. The number of nitrogens with one attached hydrogen (secondary N) is 1. The van der Waals surface area contributed by atoms with Crippen LogP contribution >= 0.6 is 0 Å². The quantitative estimate of drug-likeness (QED) is 0.893. The molecule has 1 amide bonds. The summed E-state index contributed by atoms with van der Waals surface area (Å²) in [6, 6.07) is 15.2. The number of aliphatic hydroxyl groups is 1. The van der Waals surface area contributed by atoms with Crippen molar-refractivity contribution in [2.45, 2.75) is 33.0 Å². The van der Waals surface area contributed by atoms with Gasteiger partial charge in [-0.05, 0) is 49.6 Å². The van der Waals surface area contributed by atoms with Crippen molar-refractivity contribution in [3.05, 3.63) is 54.1 Å². The van der Waals surface area contributed by atoms with E-state index in [0.29, 0.717) is 5.69 Å². The van der Waals surface area contributed by atoms with Crippen molar-refractivity contribution in [1.82, 2.24) is 0 Å². The van der Waals surface area contributed by atoms with Crippen molar-refractivity contribution in [2.75, 3.05) is 5.32 Å². The van der Waals surface area contributed by atoms with Crippen molar-refractivity contribution < 1.29 is 14.6 Å². The van der Waals surface area contributed by atoms with Gasteiger partial charge in [0, 0.05) is 5.69 Å². The van der Waals surface area contributed by atoms with Crippen LogP contribution < -0.4 is 5.32 Å². The largest absolute Gasteiger partial charge is 0.444 e. The van der Waals surface area contributed by atoms with Crippen LogP contribution in [0.25, 0.3) is 11.1 Å². The molecule has 0 aliphatic heterocycles. The van der Waals surface area contributed by atoms with Crippen LogP contribution in [0.5, 0.6) is 0 Å². The Morgan fingerprint density at radius 2 is 1.50 bits per heavy atom. The summed E-state index contributed by atoms with van der Waals surface area (Å²) in [6.07, 6.45) is -0.465. The normalized spacial score (nSPS) is 11.1. The number of hydrogen-bond acceptors (Lipinski definition) is 3. The Hall–Kier alpha value is -2.33. The lowest BCUT2D eigenvalue weighted by Crippen LogP contribution is -2.27. The molecule has 0 atom stereocenters. The van der Waals surface area contributed by atoms with Crippen molar-refractivity contribution in [2.24, 2.45) is 0 Å². The molecule has 2 N–H and O–H groups in total. The SMILES string of the molecule is CC(C)(C)OC(=O)Nc1ccc(-c2ccc(CO)cc2)cc1. The summed E-state index contributed by atoms with van der Waals surface area (Å²) in [6.45, 7) is 5.52. The van der Waals surface area contributed by atoms with Gasteiger partial charge in [0.1, 0.15) is 5.60 Å². The lowest BCUT2D eigenvalue weighted by molar-refractivity contribution is 0.0636. The molecule has 0 aliphatic carbocycles. The first-order valence-electron chi connectivity index (χ1n) is 7.17. The molecule has 0 saturated heterocycles. The molecule has 0 radical (unpaired) electrons. The van der Waals surface area contributed by atoms with Crippen LogP contribution in [0.15, 0.2) is 48.5 Å². The van der Waals surface area contributed by atoms with Gasteiger partial charge in [-0.2, -0.15) is 0 Å². The Morgan fingerprint density at radius 3 is 1.95 bits per heavy atom. The summed E-state index contributed by atoms with van der Waals surface area (Å²) in [5.41, 5.74) is 3.15. The van der Waals surface area contributed by atoms with Gasteiger partial charge in [0.2, 0.25) is 0 Å². The molecule has 2 rings (SSSR count). The van der Waals surface area contributed by atoms with Crippen molar-refractivity contribution >= 4 is 11.8 Å². The Balaban J connectivity index is 2.05. The average molecular weight is 299 g/mol. The second kappa shape index (κ2) is 6.62. The minimum absolute atomic E-state index is 0.0407. The average Bonchev–Trinajstić information content (AvgIpc) is 2.46. The molecule has 2 aromatic rings. The maximum absolute atomic E-state index is 11.7. The number of benzene rings is 2. The van der Waals surface area contributed by atoms with Gasteiger partial charge in [0.05, 0.1) is 6.61 Å². The molecule has 0 heterocycles. The third kappa shape index (κ3) is 4.60. The number of hydrogen-bond donors (Lipinski definition) is 2. The molecule has 0 aliphatic rings. The van der Waals surface area contributed by atoms with Crippen molar-refractivity contribution in [3.8, 4) is 11.1 Å². The summed E-state index contributed by atoms with van der Waals surface area (Å²) in [5, 5.41) is 11.7. The zero-order valence-corrected chi connectivity index (χ0v) is 13.1. The maximum Gasteiger partial charge on any atom is 0.412 e. The van der Waals surface area contributed by atoms with Gasteiger partial charge in [-0.25, -0.2) is 4.79 Å². The third-order valence-electron chi connectivity index (χ3n) is 3.00. The summed E-state index contributed by atoms with van der Waals surface area (Å²) >= 11 is 0. The molecule has 0 fully saturated rings. The molecule has 2 aromatic carbocycles. The highest BCUT2D eigenvalue weighted by Gasteiger charge is 2.16. The molecule has 0 bridgehead atoms. The minimum Gasteiger partial charge on any atom is -0.444 e. The fraction of sp³-hybridized carbons (Fsp3) is 0.278. The molecule has 0 spiro atoms. The van der Waals surface area contributed by atoms with E-state index < -0.39 is 11.7 Å². The first-order chi connectivity index (χ1) is 10.4. The van der Waals surface area contributed by atoms with Crippen LogP contribution in [0, 0.1) is 0 Å². The molecule has 4 nitrogen and oxygen atoms in total. The molecule has 116 valence electrons. The summed E-state index contributed by atoms with van der Waals surface area (Å²) in [4.78, 5) is 11.7. The maximum atomic E-state index is 11.7. The number of anilines is 1. The van der Waals surface area contributed by atoms with E-state index in [2.05, 4.69) is 5.32 Å². The van der Waals surface area contributed by atoms with Gasteiger partial charge < -0.3 is 9.84 Å². The predicted octanol–water partition coefficient (Wildman–Crippen LogP) is 4.19. The molecular weight excluding hydrogens is 278 g/mol. The van der Waals surface area contributed by atoms with Gasteiger partial charge >= 0.3 is 6.09 Å². The highest BCUT2D eigenvalue weighted by atomic mass is 16.6. The fourth-order valence-electron chi connectivity index (χ4n) is 1.97. The van der Waals surface area contributed by atoms with Gasteiger partial charge in [-0.1, -0.05) is 36.4 Å². The molecule has 0 saturated carbocycles. The zero-order chi connectivity index (χ0) is 16.2. The molecule has 4 heteroatoms. The lowest BCUT2D eigenvalue weighted by atomic mass is 10.0.